The van der Waals surface area contributed by atoms with Gasteiger partial charge in [0.15, 0.2) is 0 Å². The van der Waals surface area contributed by atoms with E-state index in [1.807, 2.05) is 17.9 Å². The molecule has 1 saturated carbocycles. The Morgan fingerprint density at radius 1 is 1.38 bits per heavy atom. The Morgan fingerprint density at radius 2 is 2.17 bits per heavy atom. The highest BCUT2D eigenvalue weighted by atomic mass is 16.5. The number of nitrogens with zero attached hydrogens (tertiary/aromatic N) is 3. The highest BCUT2D eigenvalue weighted by Crippen LogP contribution is 2.41. The van der Waals surface area contributed by atoms with E-state index in [1.165, 1.54) is 0 Å². The van der Waals surface area contributed by atoms with Crippen molar-refractivity contribution in [2.45, 2.75) is 51.5 Å². The predicted molar refractivity (Wildman–Crippen MR) is 89.2 cm³/mol. The summed E-state index contributed by atoms with van der Waals surface area (Å²) in [5.41, 5.74) is 2.94. The predicted octanol–water partition coefficient (Wildman–Crippen LogP) is 3.08. The van der Waals surface area contributed by atoms with Gasteiger partial charge in [-0.15, -0.1) is 0 Å². The number of hydrogen-bond acceptors (Lipinski definition) is 5. The van der Waals surface area contributed by atoms with Crippen molar-refractivity contribution in [3.63, 3.8) is 0 Å². The number of hydrogen-bond donors (Lipinski definition) is 0. The van der Waals surface area contributed by atoms with Gasteiger partial charge in [-0.2, -0.15) is 0 Å². The van der Waals surface area contributed by atoms with Crippen molar-refractivity contribution in [1.29, 1.82) is 0 Å². The number of fused-ring (bicyclic) bond motifs is 1. The van der Waals surface area contributed by atoms with E-state index in [4.69, 9.17) is 9.26 Å². The first-order valence-corrected chi connectivity index (χ1v) is 8.75. The molecule has 1 amide bonds. The van der Waals surface area contributed by atoms with E-state index >= 15 is 0 Å². The van der Waals surface area contributed by atoms with Crippen molar-refractivity contribution in [3.05, 3.63) is 23.0 Å². The molecule has 0 radical (unpaired) electrons. The van der Waals surface area contributed by atoms with Gasteiger partial charge in [0.25, 0.3) is 11.6 Å². The van der Waals surface area contributed by atoms with Crippen LogP contribution in [0.25, 0.3) is 11.1 Å². The third kappa shape index (κ3) is 2.59. The summed E-state index contributed by atoms with van der Waals surface area (Å²) in [5.74, 6) is 0.661. The average Bonchev–Trinajstić information content (AvgIpc) is 3.32. The fraction of sp³-hybridized carbons (Fsp3) is 0.611. The molecule has 2 aromatic heterocycles. The molecule has 0 aromatic carbocycles. The van der Waals surface area contributed by atoms with E-state index in [1.54, 1.807) is 0 Å². The van der Waals surface area contributed by atoms with Gasteiger partial charge in [0.1, 0.15) is 0 Å². The number of ether oxygens (including phenoxy) is 1. The summed E-state index contributed by atoms with van der Waals surface area (Å²) in [5, 5.41) is 4.97. The van der Waals surface area contributed by atoms with E-state index in [2.05, 4.69) is 24.0 Å². The zero-order chi connectivity index (χ0) is 16.8. The fourth-order valence-electron chi connectivity index (χ4n) is 3.33. The molecule has 1 saturated heterocycles. The fourth-order valence-corrected chi connectivity index (χ4v) is 3.33. The number of rotatable bonds is 3. The number of aromatic nitrogens is 2. The second kappa shape index (κ2) is 5.84. The minimum absolute atomic E-state index is 0.0326. The number of morpholine rings is 1. The lowest BCUT2D eigenvalue weighted by atomic mass is 10.0. The van der Waals surface area contributed by atoms with Crippen molar-refractivity contribution in [1.82, 2.24) is 15.0 Å². The molecular formula is C18H23N3O3. The number of carbonyl (C=O) groups excluding carboxylic acids is 1. The molecule has 0 unspecified atom stereocenters. The van der Waals surface area contributed by atoms with Crippen molar-refractivity contribution >= 4 is 17.0 Å². The first-order valence-electron chi connectivity index (χ1n) is 8.75. The molecule has 2 fully saturated rings. The van der Waals surface area contributed by atoms with Gasteiger partial charge in [0, 0.05) is 18.2 Å². The van der Waals surface area contributed by atoms with Crippen LogP contribution in [0.4, 0.5) is 0 Å². The lowest BCUT2D eigenvalue weighted by molar-refractivity contribution is 0.00369. The molecule has 4 rings (SSSR count). The molecule has 1 aliphatic heterocycles. The summed E-state index contributed by atoms with van der Waals surface area (Å²) in [7, 11) is 0. The summed E-state index contributed by atoms with van der Waals surface area (Å²) in [6.07, 6.45) is 2.26. The molecule has 0 spiro atoms. The van der Waals surface area contributed by atoms with Crippen molar-refractivity contribution in [3.8, 4) is 0 Å². The van der Waals surface area contributed by atoms with Crippen molar-refractivity contribution < 1.29 is 14.1 Å². The second-order valence-corrected chi connectivity index (χ2v) is 7.19. The molecule has 24 heavy (non-hydrogen) atoms. The molecule has 1 aliphatic carbocycles. The Balaban J connectivity index is 1.84. The molecule has 2 aliphatic rings. The maximum atomic E-state index is 13.3. The van der Waals surface area contributed by atoms with Gasteiger partial charge in [0.2, 0.25) is 0 Å². The van der Waals surface area contributed by atoms with Crippen LogP contribution in [0.3, 0.4) is 0 Å². The van der Waals surface area contributed by atoms with Crippen LogP contribution in [0.5, 0.6) is 0 Å². The van der Waals surface area contributed by atoms with E-state index in [0.717, 1.165) is 29.6 Å². The second-order valence-electron chi connectivity index (χ2n) is 7.19. The van der Waals surface area contributed by atoms with E-state index in [-0.39, 0.29) is 17.9 Å². The van der Waals surface area contributed by atoms with Crippen LogP contribution in [0.1, 0.15) is 67.2 Å². The highest BCUT2D eigenvalue weighted by molar-refractivity contribution is 6.06. The van der Waals surface area contributed by atoms with Crippen LogP contribution in [0.2, 0.25) is 0 Å². The smallest absolute Gasteiger partial charge is 0.259 e. The summed E-state index contributed by atoms with van der Waals surface area (Å²) in [6.45, 7) is 7.91. The van der Waals surface area contributed by atoms with Crippen LogP contribution in [0, 0.1) is 0 Å². The average molecular weight is 329 g/mol. The monoisotopic (exact) mass is 329 g/mol. The largest absolute Gasteiger partial charge is 0.377 e. The maximum Gasteiger partial charge on any atom is 0.259 e. The molecule has 128 valence electrons. The van der Waals surface area contributed by atoms with Gasteiger partial charge in [-0.3, -0.25) is 4.79 Å². The van der Waals surface area contributed by atoms with Crippen LogP contribution < -0.4 is 0 Å². The zero-order valence-corrected chi connectivity index (χ0v) is 14.4. The molecule has 6 nitrogen and oxygen atoms in total. The first kappa shape index (κ1) is 15.6. The summed E-state index contributed by atoms with van der Waals surface area (Å²) in [4.78, 5) is 19.8. The Morgan fingerprint density at radius 3 is 2.83 bits per heavy atom. The molecule has 1 atom stereocenters. The zero-order valence-electron chi connectivity index (χ0n) is 14.4. The third-order valence-electron chi connectivity index (χ3n) is 4.89. The SMILES string of the molecule is CC(C)c1noc2nc(C3CC3)cc(C(=O)N3CCOC[C@H]3C)c12. The van der Waals surface area contributed by atoms with E-state index < -0.39 is 0 Å². The quantitative estimate of drug-likeness (QED) is 0.865. The molecular weight excluding hydrogens is 306 g/mol. The number of carbonyl (C=O) groups is 1. The van der Waals surface area contributed by atoms with Crippen LogP contribution in [-0.2, 0) is 4.74 Å². The maximum absolute atomic E-state index is 13.3. The van der Waals surface area contributed by atoms with Crippen LogP contribution in [0.15, 0.2) is 10.6 Å². The van der Waals surface area contributed by atoms with Gasteiger partial charge in [-0.1, -0.05) is 19.0 Å². The Labute approximate surface area is 141 Å². The molecule has 6 heteroatoms. The summed E-state index contributed by atoms with van der Waals surface area (Å²) in [6, 6.07) is 2.04. The van der Waals surface area contributed by atoms with Crippen molar-refractivity contribution in [2.75, 3.05) is 19.8 Å². The van der Waals surface area contributed by atoms with Gasteiger partial charge >= 0.3 is 0 Å². The third-order valence-corrected chi connectivity index (χ3v) is 4.89. The van der Waals surface area contributed by atoms with Crippen LogP contribution >= 0.6 is 0 Å². The Kier molecular flexibility index (Phi) is 3.79. The van der Waals surface area contributed by atoms with Crippen molar-refractivity contribution in [2.24, 2.45) is 0 Å². The minimum Gasteiger partial charge on any atom is -0.377 e. The van der Waals surface area contributed by atoms with Gasteiger partial charge in [0.05, 0.1) is 35.9 Å². The topological polar surface area (TPSA) is 68.5 Å². The van der Waals surface area contributed by atoms with Gasteiger partial charge in [-0.05, 0) is 31.7 Å². The molecule has 0 bridgehead atoms. The molecule has 2 aromatic rings. The van der Waals surface area contributed by atoms with E-state index in [9.17, 15) is 4.79 Å². The summed E-state index contributed by atoms with van der Waals surface area (Å²) < 4.78 is 10.9. The number of pyridine rings is 1. The number of amides is 1. The lowest BCUT2D eigenvalue weighted by Crippen LogP contribution is -2.47. The highest BCUT2D eigenvalue weighted by Gasteiger charge is 2.32. The minimum atomic E-state index is 0.0326. The first-order chi connectivity index (χ1) is 11.6. The Bertz CT molecular complexity index is 779. The standard InChI is InChI=1S/C18H23N3O3/c1-10(2)16-15-13(18(22)21-6-7-23-9-11(21)3)8-14(12-4-5-12)19-17(15)24-20-16/h8,10-12H,4-7,9H2,1-3H3/t11-/m1/s1. The Hall–Kier alpha value is -1.95. The molecule has 3 heterocycles. The summed E-state index contributed by atoms with van der Waals surface area (Å²) >= 11 is 0. The normalized spacial score (nSPS) is 21.7. The lowest BCUT2D eigenvalue weighted by Gasteiger charge is -2.33. The van der Waals surface area contributed by atoms with Crippen LogP contribution in [-0.4, -0.2) is 46.7 Å². The van der Waals surface area contributed by atoms with Gasteiger partial charge < -0.3 is 14.2 Å². The van der Waals surface area contributed by atoms with Gasteiger partial charge in [-0.25, -0.2) is 4.98 Å². The molecule has 0 N–H and O–H groups in total. The van der Waals surface area contributed by atoms with E-state index in [0.29, 0.717) is 37.0 Å².